The first kappa shape index (κ1) is 20.2. The Bertz CT molecular complexity index is 1130. The molecule has 0 saturated carbocycles. The average molecular weight is 443 g/mol. The van der Waals surface area contributed by atoms with Gasteiger partial charge in [0.25, 0.3) is 10.0 Å². The number of rotatable bonds is 6. The Labute approximate surface area is 169 Å². The first-order chi connectivity index (χ1) is 13.2. The molecule has 0 aliphatic carbocycles. The third kappa shape index (κ3) is 4.86. The van der Waals surface area contributed by atoms with Crippen LogP contribution in [0.5, 0.6) is 0 Å². The Morgan fingerprint density at radius 2 is 1.79 bits per heavy atom. The van der Waals surface area contributed by atoms with Gasteiger partial charge in [-0.2, -0.15) is 0 Å². The maximum Gasteiger partial charge on any atom is 0.271 e. The number of benzene rings is 2. The number of nitrogens with one attached hydrogen (secondary N) is 2. The minimum absolute atomic E-state index is 0.0527. The third-order valence-electron chi connectivity index (χ3n) is 3.56. The van der Waals surface area contributed by atoms with Gasteiger partial charge in [-0.15, -0.1) is 11.3 Å². The summed E-state index contributed by atoms with van der Waals surface area (Å²) in [5.41, 5.74) is 0.0832. The van der Waals surface area contributed by atoms with Gasteiger partial charge in [0.1, 0.15) is 15.8 Å². The lowest BCUT2D eigenvalue weighted by Crippen LogP contribution is -2.14. The van der Waals surface area contributed by atoms with E-state index in [-0.39, 0.29) is 27.0 Å². The summed E-state index contributed by atoms with van der Waals surface area (Å²) < 4.78 is 53.6. The van der Waals surface area contributed by atoms with Crippen LogP contribution in [0.15, 0.2) is 58.8 Å². The minimum atomic E-state index is -3.99. The number of carbonyl (C=O) groups is 1. The van der Waals surface area contributed by atoms with Gasteiger partial charge in [-0.05, 0) is 42.5 Å². The molecule has 1 heterocycles. The van der Waals surface area contributed by atoms with Gasteiger partial charge in [0.2, 0.25) is 5.91 Å². The average Bonchev–Trinajstić information content (AvgIpc) is 3.09. The van der Waals surface area contributed by atoms with Gasteiger partial charge >= 0.3 is 0 Å². The lowest BCUT2D eigenvalue weighted by Gasteiger charge is -2.07. The molecule has 0 aliphatic heterocycles. The van der Waals surface area contributed by atoms with Gasteiger partial charge < -0.3 is 5.32 Å². The van der Waals surface area contributed by atoms with Crippen LogP contribution in [0, 0.1) is 11.6 Å². The maximum atomic E-state index is 13.7. The van der Waals surface area contributed by atoms with Crippen LogP contribution in [0.2, 0.25) is 5.02 Å². The van der Waals surface area contributed by atoms with Gasteiger partial charge in [-0.3, -0.25) is 9.52 Å². The van der Waals surface area contributed by atoms with Crippen LogP contribution in [0.1, 0.15) is 4.88 Å². The van der Waals surface area contributed by atoms with Crippen LogP contribution >= 0.6 is 22.9 Å². The fourth-order valence-electron chi connectivity index (χ4n) is 2.28. The van der Waals surface area contributed by atoms with E-state index in [1.807, 2.05) is 0 Å². The third-order valence-corrected chi connectivity index (χ3v) is 6.82. The van der Waals surface area contributed by atoms with Crippen molar-refractivity contribution in [1.29, 1.82) is 0 Å². The molecule has 28 heavy (non-hydrogen) atoms. The summed E-state index contributed by atoms with van der Waals surface area (Å²) in [6.07, 6.45) is -0.104. The summed E-state index contributed by atoms with van der Waals surface area (Å²) in [5.74, 6) is -1.67. The van der Waals surface area contributed by atoms with Crippen molar-refractivity contribution in [2.75, 3.05) is 10.0 Å². The standard InChI is InChI=1S/C18H13ClF2N2O3S2/c19-13-9-11(20)5-7-15(13)22-17(24)10-12-6-8-18(27-12)28(25,26)23-16-4-2-1-3-14(16)21/h1-9,23H,10H2,(H,22,24). The van der Waals surface area contributed by atoms with Gasteiger partial charge in [0, 0.05) is 4.88 Å². The Balaban J connectivity index is 1.69. The Kier molecular flexibility index (Phi) is 5.97. The Hall–Kier alpha value is -2.49. The van der Waals surface area contributed by atoms with E-state index in [1.165, 1.54) is 36.4 Å². The summed E-state index contributed by atoms with van der Waals surface area (Å²) in [6.45, 7) is 0. The molecule has 0 fully saturated rings. The molecule has 0 radical (unpaired) electrons. The molecular formula is C18H13ClF2N2O3S2. The molecule has 2 N–H and O–H groups in total. The smallest absolute Gasteiger partial charge is 0.271 e. The van der Waals surface area contributed by atoms with Gasteiger partial charge in [-0.1, -0.05) is 23.7 Å². The summed E-state index contributed by atoms with van der Waals surface area (Å²) >= 11 is 6.74. The molecule has 0 spiro atoms. The Morgan fingerprint density at radius 1 is 1.04 bits per heavy atom. The number of carbonyl (C=O) groups excluding carboxylic acids is 1. The number of amides is 1. The summed E-state index contributed by atoms with van der Waals surface area (Å²) in [7, 11) is -3.99. The molecule has 0 aliphatic rings. The molecule has 3 rings (SSSR count). The molecular weight excluding hydrogens is 430 g/mol. The van der Waals surface area contributed by atoms with E-state index in [9.17, 15) is 22.0 Å². The van der Waals surface area contributed by atoms with E-state index in [2.05, 4.69) is 10.0 Å². The fraction of sp³-hybridized carbons (Fsp3) is 0.0556. The second-order valence-electron chi connectivity index (χ2n) is 5.66. The van der Waals surface area contributed by atoms with Crippen LogP contribution in [0.4, 0.5) is 20.2 Å². The molecule has 0 unspecified atom stereocenters. The molecule has 146 valence electrons. The topological polar surface area (TPSA) is 75.3 Å². The van der Waals surface area contributed by atoms with Crippen LogP contribution in [0.3, 0.4) is 0 Å². The van der Waals surface area contributed by atoms with Gasteiger partial charge in [0.05, 0.1) is 22.8 Å². The predicted molar refractivity (Wildman–Crippen MR) is 105 cm³/mol. The number of anilines is 2. The van der Waals surface area contributed by atoms with Crippen molar-refractivity contribution < 1.29 is 22.0 Å². The largest absolute Gasteiger partial charge is 0.324 e. The molecule has 1 aromatic heterocycles. The second-order valence-corrected chi connectivity index (χ2v) is 9.14. The monoisotopic (exact) mass is 442 g/mol. The summed E-state index contributed by atoms with van der Waals surface area (Å²) in [5, 5.41) is 2.59. The van der Waals surface area contributed by atoms with E-state index in [4.69, 9.17) is 11.6 Å². The van der Waals surface area contributed by atoms with Crippen LogP contribution in [-0.2, 0) is 21.2 Å². The van der Waals surface area contributed by atoms with Crippen molar-refractivity contribution in [1.82, 2.24) is 0 Å². The second kappa shape index (κ2) is 8.26. The quantitative estimate of drug-likeness (QED) is 0.583. The van der Waals surface area contributed by atoms with Crippen LogP contribution in [0.25, 0.3) is 0 Å². The molecule has 0 bridgehead atoms. The molecule has 0 atom stereocenters. The van der Waals surface area contributed by atoms with Crippen molar-refractivity contribution in [3.63, 3.8) is 0 Å². The number of hydrogen-bond acceptors (Lipinski definition) is 4. The molecule has 1 amide bonds. The summed E-state index contributed by atoms with van der Waals surface area (Å²) in [6, 6.07) is 11.8. The van der Waals surface area contributed by atoms with Crippen molar-refractivity contribution >= 4 is 50.2 Å². The lowest BCUT2D eigenvalue weighted by atomic mass is 10.3. The van der Waals surface area contributed by atoms with E-state index in [0.717, 1.165) is 29.5 Å². The molecule has 0 saturated heterocycles. The zero-order valence-corrected chi connectivity index (χ0v) is 16.5. The number of para-hydroxylation sites is 1. The summed E-state index contributed by atoms with van der Waals surface area (Å²) in [4.78, 5) is 12.6. The normalized spacial score (nSPS) is 11.2. The first-order valence-electron chi connectivity index (χ1n) is 7.85. The molecule has 5 nitrogen and oxygen atoms in total. The van der Waals surface area contributed by atoms with Crippen molar-refractivity contribution in [3.8, 4) is 0 Å². The Morgan fingerprint density at radius 3 is 2.50 bits per heavy atom. The maximum absolute atomic E-state index is 13.7. The zero-order valence-electron chi connectivity index (χ0n) is 14.1. The van der Waals surface area contributed by atoms with E-state index < -0.39 is 27.6 Å². The van der Waals surface area contributed by atoms with Gasteiger partial charge in [0.15, 0.2) is 0 Å². The predicted octanol–water partition coefficient (Wildman–Crippen LogP) is 4.66. The van der Waals surface area contributed by atoms with E-state index in [1.54, 1.807) is 0 Å². The highest BCUT2D eigenvalue weighted by atomic mass is 35.5. The van der Waals surface area contributed by atoms with Crippen LogP contribution in [-0.4, -0.2) is 14.3 Å². The number of halogens is 3. The molecule has 2 aromatic carbocycles. The highest BCUT2D eigenvalue weighted by Gasteiger charge is 2.19. The SMILES string of the molecule is O=C(Cc1ccc(S(=O)(=O)Nc2ccccc2F)s1)Nc1ccc(F)cc1Cl. The lowest BCUT2D eigenvalue weighted by molar-refractivity contribution is -0.115. The highest BCUT2D eigenvalue weighted by molar-refractivity contribution is 7.94. The number of thiophene rings is 1. The first-order valence-corrected chi connectivity index (χ1v) is 10.5. The molecule has 3 aromatic rings. The molecule has 10 heteroatoms. The van der Waals surface area contributed by atoms with Crippen molar-refractivity contribution in [3.05, 3.63) is 76.1 Å². The van der Waals surface area contributed by atoms with Crippen molar-refractivity contribution in [2.24, 2.45) is 0 Å². The number of hydrogen-bond donors (Lipinski definition) is 2. The van der Waals surface area contributed by atoms with Crippen molar-refractivity contribution in [2.45, 2.75) is 10.6 Å². The minimum Gasteiger partial charge on any atom is -0.324 e. The zero-order chi connectivity index (χ0) is 20.3. The van der Waals surface area contributed by atoms with Crippen LogP contribution < -0.4 is 10.0 Å². The van der Waals surface area contributed by atoms with E-state index >= 15 is 0 Å². The van der Waals surface area contributed by atoms with Gasteiger partial charge in [-0.25, -0.2) is 17.2 Å². The highest BCUT2D eigenvalue weighted by Crippen LogP contribution is 2.26. The fourth-order valence-corrected chi connectivity index (χ4v) is 4.92. The van der Waals surface area contributed by atoms with E-state index in [0.29, 0.717) is 4.88 Å². The number of sulfonamides is 1.